The zero-order valence-corrected chi connectivity index (χ0v) is 10.3. The lowest BCUT2D eigenvalue weighted by molar-refractivity contribution is -0.141. The predicted molar refractivity (Wildman–Crippen MR) is 63.6 cm³/mol. The average molecular weight is 297 g/mol. The number of alkyl halides is 1. The fraction of sp³-hybridized carbons (Fsp3) is 0.167. The van der Waals surface area contributed by atoms with E-state index in [-0.39, 0.29) is 6.61 Å². The van der Waals surface area contributed by atoms with Crippen LogP contribution in [0.3, 0.4) is 0 Å². The maximum Gasteiger partial charge on any atom is 0.338 e. The van der Waals surface area contributed by atoms with Crippen molar-refractivity contribution < 1.29 is 19.1 Å². The summed E-state index contributed by atoms with van der Waals surface area (Å²) in [5.74, 6) is -0.918. The molecule has 4 nitrogen and oxygen atoms in total. The van der Waals surface area contributed by atoms with Gasteiger partial charge in [0.25, 0.3) is 0 Å². The van der Waals surface area contributed by atoms with Crippen molar-refractivity contribution in [2.24, 2.45) is 0 Å². The number of esters is 2. The summed E-state index contributed by atoms with van der Waals surface area (Å²) in [5.41, 5.74) is 0.455. The van der Waals surface area contributed by atoms with Crippen LogP contribution < -0.4 is 0 Å². The molecule has 1 aliphatic rings. The van der Waals surface area contributed by atoms with Crippen LogP contribution in [-0.2, 0) is 14.3 Å². The molecule has 0 aromatic heterocycles. The van der Waals surface area contributed by atoms with Gasteiger partial charge >= 0.3 is 11.9 Å². The van der Waals surface area contributed by atoms with Crippen LogP contribution in [-0.4, -0.2) is 23.1 Å². The Hall–Kier alpha value is -1.62. The van der Waals surface area contributed by atoms with Gasteiger partial charge in [0.05, 0.1) is 5.56 Å². The van der Waals surface area contributed by atoms with Crippen molar-refractivity contribution in [3.63, 3.8) is 0 Å². The summed E-state index contributed by atoms with van der Waals surface area (Å²) >= 11 is 3.18. The smallest absolute Gasteiger partial charge is 0.338 e. The van der Waals surface area contributed by atoms with Gasteiger partial charge in [0.15, 0.2) is 0 Å². The Morgan fingerprint density at radius 3 is 2.65 bits per heavy atom. The van der Waals surface area contributed by atoms with Crippen LogP contribution in [0.25, 0.3) is 0 Å². The molecule has 0 N–H and O–H groups in total. The maximum absolute atomic E-state index is 11.6. The average Bonchev–Trinajstić information content (AvgIpc) is 2.68. The first kappa shape index (κ1) is 11.9. The molecule has 2 rings (SSSR count). The summed E-state index contributed by atoms with van der Waals surface area (Å²) in [6.07, 6.45) is 2.79. The van der Waals surface area contributed by atoms with Crippen LogP contribution in [0.1, 0.15) is 10.4 Å². The Morgan fingerprint density at radius 2 is 2.06 bits per heavy atom. The lowest BCUT2D eigenvalue weighted by Crippen LogP contribution is -2.28. The topological polar surface area (TPSA) is 52.6 Å². The number of hydrogen-bond donors (Lipinski definition) is 0. The van der Waals surface area contributed by atoms with E-state index in [2.05, 4.69) is 15.9 Å². The first-order valence-corrected chi connectivity index (χ1v) is 5.72. The Labute approximate surface area is 106 Å². The Bertz CT molecular complexity index is 469. The minimum absolute atomic E-state index is 0.0665. The van der Waals surface area contributed by atoms with Crippen molar-refractivity contribution in [2.75, 3.05) is 6.61 Å². The predicted octanol–water partition coefficient (Wildman–Crippen LogP) is 2.05. The third-order valence-electron chi connectivity index (χ3n) is 2.15. The van der Waals surface area contributed by atoms with Gasteiger partial charge in [0.2, 0.25) is 4.51 Å². The van der Waals surface area contributed by atoms with Crippen LogP contribution in [0.2, 0.25) is 0 Å². The molecule has 1 aliphatic heterocycles. The molecule has 0 amide bonds. The first-order chi connectivity index (χ1) is 8.09. The van der Waals surface area contributed by atoms with Gasteiger partial charge in [-0.15, -0.1) is 0 Å². The molecule has 0 aliphatic carbocycles. The molecule has 0 spiro atoms. The van der Waals surface area contributed by atoms with Gasteiger partial charge in [-0.05, 0) is 34.1 Å². The molecule has 0 radical (unpaired) electrons. The summed E-state index contributed by atoms with van der Waals surface area (Å²) in [6.45, 7) is -0.0665. The second kappa shape index (κ2) is 4.71. The van der Waals surface area contributed by atoms with E-state index in [9.17, 15) is 9.59 Å². The molecule has 0 fully saturated rings. The molecule has 1 aromatic rings. The van der Waals surface area contributed by atoms with Crippen molar-refractivity contribution in [3.05, 3.63) is 48.0 Å². The zero-order chi connectivity index (χ0) is 12.3. The van der Waals surface area contributed by atoms with E-state index in [1.54, 1.807) is 24.3 Å². The second-order valence-electron chi connectivity index (χ2n) is 3.48. The first-order valence-electron chi connectivity index (χ1n) is 4.92. The van der Waals surface area contributed by atoms with Crippen LogP contribution in [0.15, 0.2) is 42.5 Å². The largest absolute Gasteiger partial charge is 0.456 e. The summed E-state index contributed by atoms with van der Waals surface area (Å²) in [6, 6.07) is 8.61. The number of hydrogen-bond acceptors (Lipinski definition) is 4. The van der Waals surface area contributed by atoms with Crippen molar-refractivity contribution in [3.8, 4) is 0 Å². The van der Waals surface area contributed by atoms with E-state index >= 15 is 0 Å². The van der Waals surface area contributed by atoms with E-state index in [0.29, 0.717) is 5.56 Å². The molecule has 1 aromatic carbocycles. The van der Waals surface area contributed by atoms with Crippen LogP contribution in [0.5, 0.6) is 0 Å². The number of cyclic esters (lactones) is 1. The number of halogens is 1. The van der Waals surface area contributed by atoms with Gasteiger partial charge in [-0.1, -0.05) is 18.2 Å². The quantitative estimate of drug-likeness (QED) is 0.633. The fourth-order valence-corrected chi connectivity index (χ4v) is 1.73. The van der Waals surface area contributed by atoms with E-state index in [1.807, 2.05) is 6.07 Å². The molecule has 1 atom stereocenters. The van der Waals surface area contributed by atoms with E-state index in [4.69, 9.17) is 9.47 Å². The fourth-order valence-electron chi connectivity index (χ4n) is 1.33. The van der Waals surface area contributed by atoms with Crippen molar-refractivity contribution in [1.82, 2.24) is 0 Å². The van der Waals surface area contributed by atoms with Crippen LogP contribution in [0, 0.1) is 0 Å². The minimum atomic E-state index is -1.03. The van der Waals surface area contributed by atoms with Gasteiger partial charge in [-0.25, -0.2) is 9.59 Å². The molecule has 1 heterocycles. The SMILES string of the molecule is O=C1C=C[C@](Br)(COC(=O)c2ccccc2)O1. The molecule has 0 saturated heterocycles. The number of carbonyl (C=O) groups excluding carboxylic acids is 2. The molecular formula is C12H9BrO4. The van der Waals surface area contributed by atoms with Gasteiger partial charge < -0.3 is 9.47 Å². The maximum atomic E-state index is 11.6. The number of carbonyl (C=O) groups is 2. The zero-order valence-electron chi connectivity index (χ0n) is 8.76. The van der Waals surface area contributed by atoms with E-state index < -0.39 is 16.4 Å². The number of rotatable bonds is 3. The van der Waals surface area contributed by atoms with Crippen molar-refractivity contribution in [2.45, 2.75) is 4.51 Å². The minimum Gasteiger partial charge on any atom is -0.456 e. The molecular weight excluding hydrogens is 288 g/mol. The molecule has 0 saturated carbocycles. The summed E-state index contributed by atoms with van der Waals surface area (Å²) in [7, 11) is 0. The molecule has 17 heavy (non-hydrogen) atoms. The van der Waals surface area contributed by atoms with E-state index in [1.165, 1.54) is 12.2 Å². The van der Waals surface area contributed by atoms with Crippen molar-refractivity contribution in [1.29, 1.82) is 0 Å². The standard InChI is InChI=1S/C12H9BrO4/c13-12(7-6-10(14)17-12)8-16-11(15)9-4-2-1-3-5-9/h1-7H,8H2/t12-/m1/s1. The lowest BCUT2D eigenvalue weighted by atomic mass is 10.2. The Morgan fingerprint density at radius 1 is 1.35 bits per heavy atom. The van der Waals surface area contributed by atoms with Gasteiger partial charge in [0.1, 0.15) is 6.61 Å². The lowest BCUT2D eigenvalue weighted by Gasteiger charge is -2.18. The van der Waals surface area contributed by atoms with E-state index in [0.717, 1.165) is 0 Å². The summed E-state index contributed by atoms with van der Waals surface area (Å²) < 4.78 is 8.94. The van der Waals surface area contributed by atoms with Crippen LogP contribution in [0.4, 0.5) is 0 Å². The highest BCUT2D eigenvalue weighted by Crippen LogP contribution is 2.27. The van der Waals surface area contributed by atoms with Crippen LogP contribution >= 0.6 is 15.9 Å². The van der Waals surface area contributed by atoms with Crippen molar-refractivity contribution >= 4 is 27.9 Å². The normalized spacial score (nSPS) is 22.3. The van der Waals surface area contributed by atoms with Gasteiger partial charge in [-0.2, -0.15) is 0 Å². The molecule has 0 bridgehead atoms. The third kappa shape index (κ3) is 2.94. The Kier molecular flexibility index (Phi) is 3.28. The molecule has 0 unspecified atom stereocenters. The second-order valence-corrected chi connectivity index (χ2v) is 4.83. The third-order valence-corrected chi connectivity index (χ3v) is 2.80. The number of benzene rings is 1. The summed E-state index contributed by atoms with van der Waals surface area (Å²) in [5, 5.41) is 0. The Balaban J connectivity index is 1.93. The highest BCUT2D eigenvalue weighted by molar-refractivity contribution is 9.10. The van der Waals surface area contributed by atoms with Gasteiger partial charge in [0, 0.05) is 6.08 Å². The van der Waals surface area contributed by atoms with Gasteiger partial charge in [-0.3, -0.25) is 0 Å². The monoisotopic (exact) mass is 296 g/mol. The molecule has 88 valence electrons. The molecule has 5 heteroatoms. The highest BCUT2D eigenvalue weighted by Gasteiger charge is 2.34. The number of ether oxygens (including phenoxy) is 2. The highest BCUT2D eigenvalue weighted by atomic mass is 79.9. The summed E-state index contributed by atoms with van der Waals surface area (Å²) in [4.78, 5) is 22.5.